The molecule has 1 aliphatic rings. The van der Waals surface area contributed by atoms with E-state index in [0.29, 0.717) is 12.8 Å². The van der Waals surface area contributed by atoms with Crippen molar-refractivity contribution in [2.75, 3.05) is 7.11 Å². The number of carbonyl (C=O) groups excluding carboxylic acids is 2. The summed E-state index contributed by atoms with van der Waals surface area (Å²) in [5.74, 6) is -0.272. The number of rotatable bonds is 4. The lowest BCUT2D eigenvalue weighted by atomic mass is 9.74. The van der Waals surface area contributed by atoms with E-state index in [1.54, 1.807) is 6.08 Å². The molecule has 5 heteroatoms. The number of ketones is 1. The third-order valence-electron chi connectivity index (χ3n) is 4.92. The summed E-state index contributed by atoms with van der Waals surface area (Å²) in [6.45, 7) is 12.7. The van der Waals surface area contributed by atoms with Crippen LogP contribution in [0, 0.1) is 5.41 Å². The molecule has 0 saturated heterocycles. The van der Waals surface area contributed by atoms with Crippen LogP contribution in [-0.4, -0.2) is 33.3 Å². The average molecular weight is 312 g/mol. The van der Waals surface area contributed by atoms with E-state index < -0.39 is 13.7 Å². The Morgan fingerprint density at radius 3 is 2.33 bits per heavy atom. The van der Waals surface area contributed by atoms with Crippen LogP contribution in [0.2, 0.25) is 18.1 Å². The summed E-state index contributed by atoms with van der Waals surface area (Å²) in [5, 5.41) is 0.0623. The number of esters is 1. The van der Waals surface area contributed by atoms with Crippen molar-refractivity contribution < 1.29 is 18.8 Å². The van der Waals surface area contributed by atoms with Crippen LogP contribution >= 0.6 is 0 Å². The first-order valence-electron chi connectivity index (χ1n) is 7.44. The van der Waals surface area contributed by atoms with Gasteiger partial charge in [-0.3, -0.25) is 9.59 Å². The molecule has 120 valence electrons. The Hall–Kier alpha value is -0.943. The molecule has 4 nitrogen and oxygen atoms in total. The molecule has 0 heterocycles. The second-order valence-electron chi connectivity index (χ2n) is 7.35. The van der Waals surface area contributed by atoms with E-state index in [9.17, 15) is 9.59 Å². The molecule has 0 bridgehead atoms. The first-order chi connectivity index (χ1) is 9.46. The van der Waals surface area contributed by atoms with E-state index >= 15 is 0 Å². The summed E-state index contributed by atoms with van der Waals surface area (Å²) in [6, 6.07) is 0. The van der Waals surface area contributed by atoms with E-state index in [4.69, 9.17) is 9.16 Å². The predicted octanol–water partition coefficient (Wildman–Crippen LogP) is 3.48. The van der Waals surface area contributed by atoms with E-state index in [-0.39, 0.29) is 22.9 Å². The molecule has 0 spiro atoms. The van der Waals surface area contributed by atoms with Crippen molar-refractivity contribution in [2.45, 2.75) is 64.8 Å². The number of ether oxygens (including phenoxy) is 1. The highest BCUT2D eigenvalue weighted by Gasteiger charge is 2.49. The Bertz CT molecular complexity index is 448. The molecule has 2 unspecified atom stereocenters. The molecule has 0 saturated carbocycles. The fourth-order valence-electron chi connectivity index (χ4n) is 2.33. The lowest BCUT2D eigenvalue weighted by Crippen LogP contribution is -2.51. The molecular formula is C16H28O4Si. The molecule has 0 aromatic rings. The monoisotopic (exact) mass is 312 g/mol. The Kier molecular flexibility index (Phi) is 5.21. The number of hydrogen-bond acceptors (Lipinski definition) is 4. The van der Waals surface area contributed by atoms with Gasteiger partial charge in [-0.05, 0) is 37.6 Å². The number of allylic oxidation sites excluding steroid dienone is 1. The van der Waals surface area contributed by atoms with Gasteiger partial charge in [0.2, 0.25) is 0 Å². The first kappa shape index (κ1) is 18.1. The minimum absolute atomic E-state index is 0.0501. The van der Waals surface area contributed by atoms with Gasteiger partial charge in [-0.15, -0.1) is 0 Å². The van der Waals surface area contributed by atoms with Crippen LogP contribution in [-0.2, 0) is 18.8 Å². The van der Waals surface area contributed by atoms with Gasteiger partial charge in [0.1, 0.15) is 5.41 Å². The van der Waals surface area contributed by atoms with Crippen molar-refractivity contribution in [2.24, 2.45) is 5.41 Å². The predicted molar refractivity (Wildman–Crippen MR) is 85.6 cm³/mol. The average Bonchev–Trinajstić information content (AvgIpc) is 2.37. The summed E-state index contributed by atoms with van der Waals surface area (Å²) in [6.07, 6.45) is 3.67. The van der Waals surface area contributed by atoms with Gasteiger partial charge in [-0.1, -0.05) is 26.8 Å². The van der Waals surface area contributed by atoms with Crippen molar-refractivity contribution in [3.8, 4) is 0 Å². The van der Waals surface area contributed by atoms with Gasteiger partial charge in [0.05, 0.1) is 13.2 Å². The zero-order chi connectivity index (χ0) is 16.5. The second-order valence-corrected chi connectivity index (χ2v) is 12.1. The second kappa shape index (κ2) is 6.05. The molecule has 1 rings (SSSR count). The van der Waals surface area contributed by atoms with Crippen molar-refractivity contribution in [3.63, 3.8) is 0 Å². The van der Waals surface area contributed by atoms with Crippen LogP contribution in [0.1, 0.15) is 40.5 Å². The van der Waals surface area contributed by atoms with Crippen molar-refractivity contribution in [3.05, 3.63) is 12.2 Å². The summed E-state index contributed by atoms with van der Waals surface area (Å²) < 4.78 is 11.4. The molecule has 1 aliphatic carbocycles. The molecule has 2 atom stereocenters. The van der Waals surface area contributed by atoms with Crippen molar-refractivity contribution in [1.82, 2.24) is 0 Å². The SMILES string of the molecule is COC(=O)C1(C(C)O[Si](C)(C)C(C)(C)C)C=CC(=O)CC1. The topological polar surface area (TPSA) is 52.6 Å². The van der Waals surface area contributed by atoms with E-state index in [2.05, 4.69) is 33.9 Å². The highest BCUT2D eigenvalue weighted by Crippen LogP contribution is 2.43. The fourth-order valence-corrected chi connectivity index (χ4v) is 3.77. The first-order valence-corrected chi connectivity index (χ1v) is 10.4. The summed E-state index contributed by atoms with van der Waals surface area (Å²) in [5.41, 5.74) is -0.849. The molecule has 0 radical (unpaired) electrons. The lowest BCUT2D eigenvalue weighted by Gasteiger charge is -2.44. The van der Waals surface area contributed by atoms with Crippen molar-refractivity contribution >= 4 is 20.1 Å². The number of methoxy groups -OCH3 is 1. The molecular weight excluding hydrogens is 284 g/mol. The normalized spacial score (nSPS) is 24.8. The van der Waals surface area contributed by atoms with Gasteiger partial charge in [-0.2, -0.15) is 0 Å². The Balaban J connectivity index is 3.09. The van der Waals surface area contributed by atoms with Crippen molar-refractivity contribution in [1.29, 1.82) is 0 Å². The zero-order valence-electron chi connectivity index (χ0n) is 14.3. The minimum atomic E-state index is -2.00. The molecule has 21 heavy (non-hydrogen) atoms. The summed E-state index contributed by atoms with van der Waals surface area (Å²) in [7, 11) is -0.619. The summed E-state index contributed by atoms with van der Waals surface area (Å²) in [4.78, 5) is 23.8. The maximum absolute atomic E-state index is 12.3. The standard InChI is InChI=1S/C16H28O4Si/c1-12(20-21(6,7)15(2,3)4)16(14(18)19-5)10-8-13(17)9-11-16/h8,10,12H,9,11H2,1-7H3. The van der Waals surface area contributed by atoms with Gasteiger partial charge in [0.25, 0.3) is 0 Å². The molecule has 0 aromatic carbocycles. The molecule has 0 fully saturated rings. The van der Waals surface area contributed by atoms with Gasteiger partial charge in [0.15, 0.2) is 14.1 Å². The lowest BCUT2D eigenvalue weighted by molar-refractivity contribution is -0.155. The molecule has 0 N–H and O–H groups in total. The van der Waals surface area contributed by atoms with E-state index in [1.165, 1.54) is 13.2 Å². The Morgan fingerprint density at radius 1 is 1.38 bits per heavy atom. The maximum atomic E-state index is 12.3. The largest absolute Gasteiger partial charge is 0.468 e. The fraction of sp³-hybridized carbons (Fsp3) is 0.750. The van der Waals surface area contributed by atoms with Crippen LogP contribution in [0.3, 0.4) is 0 Å². The van der Waals surface area contributed by atoms with E-state index in [0.717, 1.165) is 0 Å². The summed E-state index contributed by atoms with van der Waals surface area (Å²) >= 11 is 0. The van der Waals surface area contributed by atoms with Gasteiger partial charge in [-0.25, -0.2) is 0 Å². The van der Waals surface area contributed by atoms with Crippen LogP contribution in [0.15, 0.2) is 12.2 Å². The van der Waals surface area contributed by atoms with Gasteiger partial charge in [0, 0.05) is 6.42 Å². The maximum Gasteiger partial charge on any atom is 0.318 e. The third-order valence-corrected chi connectivity index (χ3v) is 9.48. The Morgan fingerprint density at radius 2 is 1.95 bits per heavy atom. The zero-order valence-corrected chi connectivity index (χ0v) is 15.3. The molecule has 0 amide bonds. The highest BCUT2D eigenvalue weighted by atomic mass is 28.4. The van der Waals surface area contributed by atoms with Crippen LogP contribution in [0.5, 0.6) is 0 Å². The minimum Gasteiger partial charge on any atom is -0.468 e. The van der Waals surface area contributed by atoms with E-state index in [1.807, 2.05) is 6.92 Å². The van der Waals surface area contributed by atoms with Crippen LogP contribution in [0.25, 0.3) is 0 Å². The van der Waals surface area contributed by atoms with Gasteiger partial charge < -0.3 is 9.16 Å². The quantitative estimate of drug-likeness (QED) is 0.589. The third kappa shape index (κ3) is 3.63. The molecule has 0 aromatic heterocycles. The van der Waals surface area contributed by atoms with Crippen LogP contribution < -0.4 is 0 Å². The highest BCUT2D eigenvalue weighted by molar-refractivity contribution is 6.74. The Labute approximate surface area is 129 Å². The number of carbonyl (C=O) groups is 2. The van der Waals surface area contributed by atoms with Gasteiger partial charge >= 0.3 is 5.97 Å². The molecule has 0 aliphatic heterocycles. The number of hydrogen-bond donors (Lipinski definition) is 0. The van der Waals surface area contributed by atoms with Crippen LogP contribution in [0.4, 0.5) is 0 Å². The smallest absolute Gasteiger partial charge is 0.318 e.